The summed E-state index contributed by atoms with van der Waals surface area (Å²) in [7, 11) is 0. The van der Waals surface area contributed by atoms with Crippen molar-refractivity contribution in [3.8, 4) is 0 Å². The van der Waals surface area contributed by atoms with Crippen molar-refractivity contribution in [3.63, 3.8) is 0 Å². The molecule has 3 aromatic carbocycles. The minimum atomic E-state index is -0.423. The number of carbonyl (C=O) groups excluding carboxylic acids is 1. The van der Waals surface area contributed by atoms with Crippen molar-refractivity contribution in [2.24, 2.45) is 0 Å². The van der Waals surface area contributed by atoms with Crippen molar-refractivity contribution in [2.75, 3.05) is 5.73 Å². The number of fused-ring (bicyclic) bond motifs is 2. The highest BCUT2D eigenvalue weighted by atomic mass is 19.1. The summed E-state index contributed by atoms with van der Waals surface area (Å²) in [4.78, 5) is 15.2. The summed E-state index contributed by atoms with van der Waals surface area (Å²) >= 11 is 0. The smallest absolute Gasteiger partial charge is 0.223 e. The first-order valence-electron chi connectivity index (χ1n) is 12.3. The van der Waals surface area contributed by atoms with Crippen molar-refractivity contribution in [2.45, 2.75) is 62.8 Å². The number of amides is 1. The molecule has 2 N–H and O–H groups in total. The van der Waals surface area contributed by atoms with Gasteiger partial charge in [0.25, 0.3) is 0 Å². The van der Waals surface area contributed by atoms with E-state index in [4.69, 9.17) is 10.5 Å². The lowest BCUT2D eigenvalue weighted by Crippen LogP contribution is -2.48. The van der Waals surface area contributed by atoms with Gasteiger partial charge in [-0.15, -0.1) is 0 Å². The van der Waals surface area contributed by atoms with Crippen LogP contribution < -0.4 is 5.73 Å². The molecule has 0 aliphatic carbocycles. The minimum absolute atomic E-state index is 0.0336. The molecule has 1 unspecified atom stereocenters. The van der Waals surface area contributed by atoms with Crippen LogP contribution in [0.5, 0.6) is 0 Å². The quantitative estimate of drug-likeness (QED) is 0.438. The van der Waals surface area contributed by atoms with Gasteiger partial charge in [-0.1, -0.05) is 36.4 Å². The Labute approximate surface area is 204 Å². The molecule has 6 heteroatoms. The number of nitrogens with zero attached hydrogens (tertiary/aromatic N) is 1. The van der Waals surface area contributed by atoms with E-state index in [0.29, 0.717) is 12.8 Å². The largest absolute Gasteiger partial charge is 0.399 e. The van der Waals surface area contributed by atoms with Gasteiger partial charge in [0.05, 0.1) is 6.10 Å². The molecule has 2 aliphatic heterocycles. The summed E-state index contributed by atoms with van der Waals surface area (Å²) in [5, 5.41) is 0. The highest BCUT2D eigenvalue weighted by molar-refractivity contribution is 5.77. The van der Waals surface area contributed by atoms with E-state index in [1.165, 1.54) is 24.3 Å². The van der Waals surface area contributed by atoms with E-state index >= 15 is 0 Å². The predicted molar refractivity (Wildman–Crippen MR) is 132 cm³/mol. The van der Waals surface area contributed by atoms with Gasteiger partial charge in [0.15, 0.2) is 0 Å². The molecule has 2 fully saturated rings. The number of nitrogens with two attached hydrogens (primary N) is 1. The van der Waals surface area contributed by atoms with E-state index in [2.05, 4.69) is 4.90 Å². The van der Waals surface area contributed by atoms with Crippen LogP contribution in [0.15, 0.2) is 72.8 Å². The average Bonchev–Trinajstić information content (AvgIpc) is 3.13. The molecular formula is C29H30F2N2O2. The third-order valence-corrected chi connectivity index (χ3v) is 7.26. The molecule has 2 heterocycles. The molecule has 0 aromatic heterocycles. The summed E-state index contributed by atoms with van der Waals surface area (Å²) in [5.74, 6) is -0.424. The second-order valence-electron chi connectivity index (χ2n) is 9.64. The van der Waals surface area contributed by atoms with Crippen molar-refractivity contribution in [1.82, 2.24) is 4.90 Å². The number of piperidine rings is 1. The number of carbonyl (C=O) groups is 1. The first kappa shape index (κ1) is 23.5. The molecule has 0 radical (unpaired) electrons. The fraction of sp³-hybridized carbons (Fsp3) is 0.345. The summed E-state index contributed by atoms with van der Waals surface area (Å²) in [5.41, 5.74) is 9.24. The number of rotatable bonds is 7. The molecule has 4 nitrogen and oxygen atoms in total. The second-order valence-corrected chi connectivity index (χ2v) is 9.64. The fourth-order valence-electron chi connectivity index (χ4n) is 5.53. The molecule has 1 amide bonds. The van der Waals surface area contributed by atoms with Gasteiger partial charge in [-0.25, -0.2) is 8.78 Å². The number of benzene rings is 3. The van der Waals surface area contributed by atoms with Gasteiger partial charge in [-0.3, -0.25) is 4.79 Å². The number of aryl methyl sites for hydroxylation is 1. The van der Waals surface area contributed by atoms with Crippen LogP contribution in [0.2, 0.25) is 0 Å². The Morgan fingerprint density at radius 3 is 1.89 bits per heavy atom. The molecule has 3 aromatic rings. The lowest BCUT2D eigenvalue weighted by molar-refractivity contribution is -0.139. The Kier molecular flexibility index (Phi) is 6.82. The maximum Gasteiger partial charge on any atom is 0.223 e. The van der Waals surface area contributed by atoms with E-state index < -0.39 is 6.10 Å². The molecule has 35 heavy (non-hydrogen) atoms. The van der Waals surface area contributed by atoms with E-state index in [-0.39, 0.29) is 35.7 Å². The number of nitrogen functional groups attached to an aromatic ring is 1. The topological polar surface area (TPSA) is 55.6 Å². The van der Waals surface area contributed by atoms with E-state index in [0.717, 1.165) is 48.1 Å². The number of halogens is 2. The zero-order valence-corrected chi connectivity index (χ0v) is 19.6. The Bertz CT molecular complexity index is 1090. The maximum absolute atomic E-state index is 13.5. The Balaban J connectivity index is 1.26. The van der Waals surface area contributed by atoms with E-state index in [1.807, 2.05) is 24.3 Å². The SMILES string of the molecule is Nc1ccc(CCC(=O)N2[C@@H]3CC[C@H]2CC(OC(c2ccc(F)cc2)c2ccc(F)cc2)C3)cc1. The maximum atomic E-state index is 13.5. The third kappa shape index (κ3) is 5.38. The van der Waals surface area contributed by atoms with Crippen LogP contribution in [-0.2, 0) is 16.0 Å². The minimum Gasteiger partial charge on any atom is -0.399 e. The lowest BCUT2D eigenvalue weighted by Gasteiger charge is -2.40. The van der Waals surface area contributed by atoms with Gasteiger partial charge < -0.3 is 15.4 Å². The highest BCUT2D eigenvalue weighted by Crippen LogP contribution is 2.40. The first-order valence-corrected chi connectivity index (χ1v) is 12.3. The van der Waals surface area contributed by atoms with Gasteiger partial charge in [-0.2, -0.15) is 0 Å². The summed E-state index contributed by atoms with van der Waals surface area (Å²) in [6.45, 7) is 0. The second kappa shape index (κ2) is 10.2. The molecule has 2 saturated heterocycles. The van der Waals surface area contributed by atoms with Gasteiger partial charge in [0, 0.05) is 24.2 Å². The molecule has 2 aliphatic rings. The van der Waals surface area contributed by atoms with Crippen LogP contribution in [0.25, 0.3) is 0 Å². The Morgan fingerprint density at radius 1 is 0.857 bits per heavy atom. The van der Waals surface area contributed by atoms with Crippen molar-refractivity contribution in [1.29, 1.82) is 0 Å². The van der Waals surface area contributed by atoms with Crippen LogP contribution >= 0.6 is 0 Å². The first-order chi connectivity index (χ1) is 17.0. The molecule has 5 rings (SSSR count). The Hall–Kier alpha value is -3.25. The zero-order chi connectivity index (χ0) is 24.4. The molecule has 182 valence electrons. The van der Waals surface area contributed by atoms with E-state index in [9.17, 15) is 13.6 Å². The standard InChI is InChI=1S/C29H30F2N2O2/c30-22-8-4-20(5-9-22)29(21-6-10-23(31)11-7-21)35-27-17-25-14-15-26(18-27)33(25)28(34)16-3-19-1-12-24(32)13-2-19/h1-2,4-13,25-27,29H,3,14-18,32H2/t25-,26+,27?. The van der Waals surface area contributed by atoms with Gasteiger partial charge in [0.1, 0.15) is 17.7 Å². The van der Waals surface area contributed by atoms with Crippen LogP contribution in [-0.4, -0.2) is 29.0 Å². The van der Waals surface area contributed by atoms with Crippen LogP contribution in [0.4, 0.5) is 14.5 Å². The predicted octanol–water partition coefficient (Wildman–Crippen LogP) is 5.81. The van der Waals surface area contributed by atoms with Crippen LogP contribution in [0, 0.1) is 11.6 Å². The zero-order valence-electron chi connectivity index (χ0n) is 19.6. The van der Waals surface area contributed by atoms with Gasteiger partial charge >= 0.3 is 0 Å². The van der Waals surface area contributed by atoms with Crippen molar-refractivity contribution < 1.29 is 18.3 Å². The van der Waals surface area contributed by atoms with Crippen LogP contribution in [0.3, 0.4) is 0 Å². The third-order valence-electron chi connectivity index (χ3n) is 7.26. The average molecular weight is 477 g/mol. The lowest BCUT2D eigenvalue weighted by atomic mass is 9.96. The summed E-state index contributed by atoms with van der Waals surface area (Å²) in [6, 6.07) is 20.6. The molecule has 0 spiro atoms. The molecular weight excluding hydrogens is 446 g/mol. The number of anilines is 1. The number of ether oxygens (including phenoxy) is 1. The summed E-state index contributed by atoms with van der Waals surface area (Å²) < 4.78 is 33.7. The highest BCUT2D eigenvalue weighted by Gasteiger charge is 2.44. The monoisotopic (exact) mass is 476 g/mol. The molecule has 2 bridgehead atoms. The number of hydrogen-bond acceptors (Lipinski definition) is 3. The number of hydrogen-bond donors (Lipinski definition) is 1. The Morgan fingerprint density at radius 2 is 1.37 bits per heavy atom. The molecule has 0 saturated carbocycles. The fourth-order valence-corrected chi connectivity index (χ4v) is 5.53. The normalized spacial score (nSPS) is 21.5. The van der Waals surface area contributed by atoms with Crippen molar-refractivity contribution >= 4 is 11.6 Å². The summed E-state index contributed by atoms with van der Waals surface area (Å²) in [6.07, 6.45) is 4.22. The van der Waals surface area contributed by atoms with Gasteiger partial charge in [0.2, 0.25) is 5.91 Å². The van der Waals surface area contributed by atoms with E-state index in [1.54, 1.807) is 24.3 Å². The van der Waals surface area contributed by atoms with Crippen LogP contribution in [0.1, 0.15) is 54.9 Å². The van der Waals surface area contributed by atoms with Gasteiger partial charge in [-0.05, 0) is 85.2 Å². The molecule has 3 atom stereocenters. The van der Waals surface area contributed by atoms with Crippen molar-refractivity contribution in [3.05, 3.63) is 101 Å².